The monoisotopic (exact) mass is 436 g/mol. The second-order valence-electron chi connectivity index (χ2n) is 7.58. The van der Waals surface area contributed by atoms with Crippen LogP contribution in [0.15, 0.2) is 48.8 Å². The number of benzene rings is 1. The Labute approximate surface area is 186 Å². The van der Waals surface area contributed by atoms with Crippen molar-refractivity contribution in [2.75, 3.05) is 18.4 Å². The lowest BCUT2D eigenvalue weighted by molar-refractivity contribution is -0.127. The van der Waals surface area contributed by atoms with Gasteiger partial charge in [-0.3, -0.25) is 19.4 Å². The molecule has 0 aliphatic heterocycles. The van der Waals surface area contributed by atoms with Gasteiger partial charge in [-0.2, -0.15) is 0 Å². The number of amides is 2. The molecule has 9 heteroatoms. The number of nitrogens with one attached hydrogen (secondary N) is 4. The Balaban J connectivity index is 1.33. The fraction of sp³-hybridized carbons (Fsp3) is 0.348. The third kappa shape index (κ3) is 7.19. The van der Waals surface area contributed by atoms with E-state index >= 15 is 0 Å². The van der Waals surface area contributed by atoms with Gasteiger partial charge < -0.3 is 20.9 Å². The highest BCUT2D eigenvalue weighted by Crippen LogP contribution is 2.16. The number of imidazole rings is 1. The number of anilines is 1. The van der Waals surface area contributed by atoms with Gasteiger partial charge in [-0.1, -0.05) is 18.2 Å². The number of hydrogen-bond acceptors (Lipinski definition) is 6. The molecule has 32 heavy (non-hydrogen) atoms. The molecule has 2 aromatic heterocycles. The molecule has 9 nitrogen and oxygen atoms in total. The van der Waals surface area contributed by atoms with Crippen LogP contribution < -0.4 is 16.0 Å². The molecular weight excluding hydrogens is 408 g/mol. The van der Waals surface area contributed by atoms with Gasteiger partial charge in [0.1, 0.15) is 5.78 Å². The first-order chi connectivity index (χ1) is 15.5. The number of carbonyl (C=O) groups is 3. The van der Waals surface area contributed by atoms with E-state index in [1.807, 2.05) is 24.3 Å². The highest BCUT2D eigenvalue weighted by molar-refractivity contribution is 5.85. The maximum Gasteiger partial charge on any atom is 0.239 e. The van der Waals surface area contributed by atoms with Crippen molar-refractivity contribution in [1.29, 1.82) is 0 Å². The predicted octanol–water partition coefficient (Wildman–Crippen LogP) is 2.49. The van der Waals surface area contributed by atoms with Gasteiger partial charge in [0.2, 0.25) is 17.8 Å². The molecule has 0 fully saturated rings. The molecule has 2 amide bonds. The summed E-state index contributed by atoms with van der Waals surface area (Å²) in [7, 11) is 0. The summed E-state index contributed by atoms with van der Waals surface area (Å²) >= 11 is 0. The molecule has 1 atom stereocenters. The summed E-state index contributed by atoms with van der Waals surface area (Å²) in [5, 5.41) is 8.63. The second kappa shape index (κ2) is 11.6. The molecule has 3 aromatic rings. The van der Waals surface area contributed by atoms with E-state index in [1.54, 1.807) is 24.5 Å². The standard InChI is InChI=1S/C23H28N6O3/c1-16(30)13-20(17-7-6-11-24-14-17)27-22(32)15-26-21(31)10-4-5-12-25-23-28-18-8-2-3-9-19(18)29-23/h2-3,6-9,11,14,20H,4-5,10,12-13,15H2,1H3,(H,26,31)(H,27,32)(H2,25,28,29)/t20-/m0/s1. The van der Waals surface area contributed by atoms with Crippen molar-refractivity contribution in [3.8, 4) is 0 Å². The highest BCUT2D eigenvalue weighted by atomic mass is 16.2. The van der Waals surface area contributed by atoms with Gasteiger partial charge in [-0.15, -0.1) is 0 Å². The maximum absolute atomic E-state index is 12.2. The van der Waals surface area contributed by atoms with E-state index in [1.165, 1.54) is 6.92 Å². The van der Waals surface area contributed by atoms with Crippen LogP contribution in [0.4, 0.5) is 5.95 Å². The van der Waals surface area contributed by atoms with Crippen LogP contribution in [0.3, 0.4) is 0 Å². The smallest absolute Gasteiger partial charge is 0.239 e. The lowest BCUT2D eigenvalue weighted by Gasteiger charge is -2.18. The van der Waals surface area contributed by atoms with Crippen molar-refractivity contribution >= 4 is 34.6 Å². The van der Waals surface area contributed by atoms with Gasteiger partial charge in [0.15, 0.2) is 0 Å². The summed E-state index contributed by atoms with van der Waals surface area (Å²) in [5.74, 6) is 0.133. The number of ketones is 1. The molecular formula is C23H28N6O3. The number of aromatic amines is 1. The van der Waals surface area contributed by atoms with Gasteiger partial charge in [0.25, 0.3) is 0 Å². The van der Waals surface area contributed by atoms with Crippen LogP contribution in [0.25, 0.3) is 11.0 Å². The number of nitrogens with zero attached hydrogens (tertiary/aromatic N) is 2. The summed E-state index contributed by atoms with van der Waals surface area (Å²) in [6.45, 7) is 2.02. The Morgan fingerprint density at radius 2 is 1.91 bits per heavy atom. The number of fused-ring (bicyclic) bond motifs is 1. The number of rotatable bonds is 12. The van der Waals surface area contributed by atoms with E-state index in [2.05, 4.69) is 30.9 Å². The van der Waals surface area contributed by atoms with E-state index in [4.69, 9.17) is 0 Å². The topological polar surface area (TPSA) is 129 Å². The first-order valence-electron chi connectivity index (χ1n) is 10.7. The van der Waals surface area contributed by atoms with Crippen LogP contribution in [0.5, 0.6) is 0 Å². The van der Waals surface area contributed by atoms with Gasteiger partial charge in [-0.05, 0) is 43.5 Å². The molecule has 0 bridgehead atoms. The maximum atomic E-state index is 12.2. The number of para-hydroxylation sites is 2. The molecule has 1 aromatic carbocycles. The summed E-state index contributed by atoms with van der Waals surface area (Å²) < 4.78 is 0. The van der Waals surface area contributed by atoms with Crippen LogP contribution in [-0.4, -0.2) is 45.6 Å². The number of carbonyl (C=O) groups excluding carboxylic acids is 3. The van der Waals surface area contributed by atoms with Crippen LogP contribution in [-0.2, 0) is 14.4 Å². The first-order valence-corrected chi connectivity index (χ1v) is 10.7. The van der Waals surface area contributed by atoms with Crippen molar-refractivity contribution < 1.29 is 14.4 Å². The van der Waals surface area contributed by atoms with E-state index in [9.17, 15) is 14.4 Å². The zero-order chi connectivity index (χ0) is 22.8. The lowest BCUT2D eigenvalue weighted by atomic mass is 10.0. The van der Waals surface area contributed by atoms with Gasteiger partial charge in [0.05, 0.1) is 23.6 Å². The Morgan fingerprint density at radius 3 is 2.66 bits per heavy atom. The fourth-order valence-electron chi connectivity index (χ4n) is 3.29. The molecule has 0 spiro atoms. The zero-order valence-electron chi connectivity index (χ0n) is 18.1. The average Bonchev–Trinajstić information content (AvgIpc) is 3.20. The molecule has 0 aliphatic carbocycles. The number of H-pyrrole nitrogens is 1. The highest BCUT2D eigenvalue weighted by Gasteiger charge is 2.17. The second-order valence-corrected chi connectivity index (χ2v) is 7.58. The summed E-state index contributed by atoms with van der Waals surface area (Å²) in [4.78, 5) is 47.5. The van der Waals surface area contributed by atoms with Crippen molar-refractivity contribution in [2.45, 2.75) is 38.6 Å². The molecule has 0 saturated carbocycles. The van der Waals surface area contributed by atoms with Crippen LogP contribution in [0, 0.1) is 0 Å². The van der Waals surface area contributed by atoms with Crippen LogP contribution >= 0.6 is 0 Å². The molecule has 0 aliphatic rings. The van der Waals surface area contributed by atoms with Crippen molar-refractivity contribution in [2.24, 2.45) is 0 Å². The van der Waals surface area contributed by atoms with Gasteiger partial charge in [0, 0.05) is 31.8 Å². The number of pyridine rings is 1. The first kappa shape index (κ1) is 22.9. The van der Waals surface area contributed by atoms with E-state index in [-0.39, 0.29) is 30.6 Å². The summed E-state index contributed by atoms with van der Waals surface area (Å²) in [5.41, 5.74) is 2.63. The number of Topliss-reactive ketones (excluding diaryl/α,β-unsaturated/α-hetero) is 1. The lowest BCUT2D eigenvalue weighted by Crippen LogP contribution is -2.39. The Hall–Kier alpha value is -3.75. The normalized spacial score (nSPS) is 11.7. The molecule has 0 unspecified atom stereocenters. The number of unbranched alkanes of at least 4 members (excludes halogenated alkanes) is 1. The third-order valence-electron chi connectivity index (χ3n) is 4.87. The number of aromatic nitrogens is 3. The summed E-state index contributed by atoms with van der Waals surface area (Å²) in [6, 6.07) is 10.9. The third-order valence-corrected chi connectivity index (χ3v) is 4.87. The summed E-state index contributed by atoms with van der Waals surface area (Å²) in [6.07, 6.45) is 5.22. The minimum absolute atomic E-state index is 0.0422. The molecule has 0 saturated heterocycles. The largest absolute Gasteiger partial charge is 0.356 e. The van der Waals surface area contributed by atoms with E-state index in [0.29, 0.717) is 25.3 Å². The Kier molecular flexibility index (Phi) is 8.30. The van der Waals surface area contributed by atoms with E-state index in [0.717, 1.165) is 23.0 Å². The van der Waals surface area contributed by atoms with Crippen molar-refractivity contribution in [1.82, 2.24) is 25.6 Å². The average molecular weight is 437 g/mol. The minimum atomic E-state index is -0.463. The fourth-order valence-corrected chi connectivity index (χ4v) is 3.29. The predicted molar refractivity (Wildman–Crippen MR) is 122 cm³/mol. The zero-order valence-corrected chi connectivity index (χ0v) is 18.1. The Morgan fingerprint density at radius 1 is 1.06 bits per heavy atom. The molecule has 0 radical (unpaired) electrons. The van der Waals surface area contributed by atoms with E-state index < -0.39 is 6.04 Å². The molecule has 2 heterocycles. The minimum Gasteiger partial charge on any atom is -0.356 e. The number of hydrogen-bond donors (Lipinski definition) is 4. The van der Waals surface area contributed by atoms with Crippen LogP contribution in [0.1, 0.15) is 44.2 Å². The molecule has 3 rings (SSSR count). The Bertz CT molecular complexity index is 1020. The van der Waals surface area contributed by atoms with Gasteiger partial charge in [-0.25, -0.2) is 4.98 Å². The van der Waals surface area contributed by atoms with Crippen LogP contribution in [0.2, 0.25) is 0 Å². The molecule has 168 valence electrons. The SMILES string of the molecule is CC(=O)C[C@H](NC(=O)CNC(=O)CCCCNc1nc2ccccc2[nH]1)c1cccnc1. The van der Waals surface area contributed by atoms with Crippen molar-refractivity contribution in [3.63, 3.8) is 0 Å². The van der Waals surface area contributed by atoms with Crippen molar-refractivity contribution in [3.05, 3.63) is 54.4 Å². The quantitative estimate of drug-likeness (QED) is 0.323. The van der Waals surface area contributed by atoms with Gasteiger partial charge >= 0.3 is 0 Å². The molecule has 4 N–H and O–H groups in total.